The molecule has 1 amide bonds. The highest BCUT2D eigenvalue weighted by Crippen LogP contribution is 2.40. The van der Waals surface area contributed by atoms with E-state index in [1.54, 1.807) is 14.0 Å². The Balaban J connectivity index is 2.03. The number of hydrogen-bond acceptors (Lipinski definition) is 4. The van der Waals surface area contributed by atoms with Crippen LogP contribution in [-0.4, -0.2) is 47.4 Å². The number of methoxy groups -OCH3 is 1. The maximum atomic E-state index is 12.3. The molecular formula is C16H21NO5. The molecular weight excluding hydrogens is 286 g/mol. The number of aliphatic carboxylic acids is 1. The molecule has 120 valence electrons. The molecule has 1 aliphatic rings. The Kier molecular flexibility index (Phi) is 5.03. The molecule has 0 bridgehead atoms. The molecule has 0 atom stereocenters. The molecule has 0 saturated heterocycles. The maximum Gasteiger partial charge on any atom is 0.411 e. The van der Waals surface area contributed by atoms with E-state index in [2.05, 4.69) is 0 Å². The minimum absolute atomic E-state index is 0.125. The monoisotopic (exact) mass is 307 g/mol. The fourth-order valence-corrected chi connectivity index (χ4v) is 2.77. The number of benzene rings is 1. The van der Waals surface area contributed by atoms with Gasteiger partial charge in [-0.2, -0.15) is 0 Å². The molecule has 1 saturated carbocycles. The van der Waals surface area contributed by atoms with Gasteiger partial charge in [0.1, 0.15) is 12.1 Å². The molecule has 0 heterocycles. The van der Waals surface area contributed by atoms with E-state index < -0.39 is 17.6 Å². The summed E-state index contributed by atoms with van der Waals surface area (Å²) in [5.74, 6) is -1.01. The van der Waals surface area contributed by atoms with Crippen LogP contribution >= 0.6 is 0 Å². The summed E-state index contributed by atoms with van der Waals surface area (Å²) < 4.78 is 10.4. The predicted octanol–water partition coefficient (Wildman–Crippen LogP) is 2.28. The zero-order valence-electron chi connectivity index (χ0n) is 12.8. The summed E-state index contributed by atoms with van der Waals surface area (Å²) in [6.07, 6.45) is -0.171. The topological polar surface area (TPSA) is 76.1 Å². The third-order valence-corrected chi connectivity index (χ3v) is 4.12. The van der Waals surface area contributed by atoms with Gasteiger partial charge < -0.3 is 14.6 Å². The van der Waals surface area contributed by atoms with Gasteiger partial charge in [0.15, 0.2) is 0 Å². The maximum absolute atomic E-state index is 12.3. The van der Waals surface area contributed by atoms with Gasteiger partial charge in [0, 0.05) is 26.5 Å². The lowest BCUT2D eigenvalue weighted by Crippen LogP contribution is -2.66. The van der Waals surface area contributed by atoms with Gasteiger partial charge in [0.2, 0.25) is 0 Å². The van der Waals surface area contributed by atoms with Crippen molar-refractivity contribution < 1.29 is 24.2 Å². The first-order chi connectivity index (χ1) is 10.5. The van der Waals surface area contributed by atoms with Crippen LogP contribution in [0, 0.1) is 0 Å². The molecule has 22 heavy (non-hydrogen) atoms. The van der Waals surface area contributed by atoms with Crippen molar-refractivity contribution in [2.75, 3.05) is 13.7 Å². The van der Waals surface area contributed by atoms with Crippen LogP contribution in [0.3, 0.4) is 0 Å². The molecule has 1 aliphatic carbocycles. The van der Waals surface area contributed by atoms with Crippen LogP contribution < -0.4 is 0 Å². The van der Waals surface area contributed by atoms with E-state index in [1.165, 1.54) is 4.90 Å². The van der Waals surface area contributed by atoms with E-state index in [0.29, 0.717) is 0 Å². The summed E-state index contributed by atoms with van der Waals surface area (Å²) in [5.41, 5.74) is -0.358. The summed E-state index contributed by atoms with van der Waals surface area (Å²) in [5, 5.41) is 9.53. The zero-order valence-corrected chi connectivity index (χ0v) is 12.8. The van der Waals surface area contributed by atoms with Crippen LogP contribution in [0.25, 0.3) is 0 Å². The number of ether oxygens (including phenoxy) is 2. The van der Waals surface area contributed by atoms with Crippen molar-refractivity contribution in [3.63, 3.8) is 0 Å². The van der Waals surface area contributed by atoms with E-state index >= 15 is 0 Å². The summed E-state index contributed by atoms with van der Waals surface area (Å²) in [4.78, 5) is 25.2. The van der Waals surface area contributed by atoms with Crippen LogP contribution in [-0.2, 0) is 20.9 Å². The van der Waals surface area contributed by atoms with Crippen molar-refractivity contribution in [2.24, 2.45) is 0 Å². The SMILES string of the molecule is CCN(C(=O)OCc1ccccc1)C1(C(=O)O)CC(OC)C1. The smallest absolute Gasteiger partial charge is 0.411 e. The number of rotatable bonds is 6. The van der Waals surface area contributed by atoms with E-state index in [1.807, 2.05) is 30.3 Å². The first-order valence-corrected chi connectivity index (χ1v) is 7.28. The normalized spacial score (nSPS) is 23.5. The van der Waals surface area contributed by atoms with Gasteiger partial charge in [0.05, 0.1) is 6.10 Å². The van der Waals surface area contributed by atoms with Gasteiger partial charge >= 0.3 is 12.1 Å². The van der Waals surface area contributed by atoms with Crippen molar-refractivity contribution in [3.8, 4) is 0 Å². The standard InChI is InChI=1S/C16H21NO5/c1-3-17(16(14(18)19)9-13(10-16)21-2)15(20)22-11-12-7-5-4-6-8-12/h4-8,13H,3,9-11H2,1-2H3,(H,18,19). The van der Waals surface area contributed by atoms with E-state index in [4.69, 9.17) is 9.47 Å². The van der Waals surface area contributed by atoms with Crippen molar-refractivity contribution in [1.29, 1.82) is 0 Å². The summed E-state index contributed by atoms with van der Waals surface area (Å²) in [7, 11) is 1.54. The van der Waals surface area contributed by atoms with Crippen LogP contribution in [0.5, 0.6) is 0 Å². The molecule has 6 nitrogen and oxygen atoms in total. The highest BCUT2D eigenvalue weighted by atomic mass is 16.6. The summed E-state index contributed by atoms with van der Waals surface area (Å²) in [6.45, 7) is 2.14. The average molecular weight is 307 g/mol. The second-order valence-electron chi connectivity index (χ2n) is 5.39. The van der Waals surface area contributed by atoms with Crippen LogP contribution in [0.4, 0.5) is 4.79 Å². The Labute approximate surface area is 129 Å². The predicted molar refractivity (Wildman–Crippen MR) is 79.4 cm³/mol. The molecule has 1 N–H and O–H groups in total. The van der Waals surface area contributed by atoms with E-state index in [-0.39, 0.29) is 32.1 Å². The number of carbonyl (C=O) groups excluding carboxylic acids is 1. The van der Waals surface area contributed by atoms with Gasteiger partial charge in [-0.15, -0.1) is 0 Å². The number of carboxylic acids is 1. The van der Waals surface area contributed by atoms with E-state index in [9.17, 15) is 14.7 Å². The second kappa shape index (κ2) is 6.79. The van der Waals surface area contributed by atoms with Crippen LogP contribution in [0.2, 0.25) is 0 Å². The lowest BCUT2D eigenvalue weighted by molar-refractivity contribution is -0.168. The quantitative estimate of drug-likeness (QED) is 0.872. The van der Waals surface area contributed by atoms with Crippen molar-refractivity contribution in [1.82, 2.24) is 4.90 Å². The van der Waals surface area contributed by atoms with Crippen molar-refractivity contribution in [3.05, 3.63) is 35.9 Å². The zero-order chi connectivity index (χ0) is 16.2. The van der Waals surface area contributed by atoms with Gasteiger partial charge in [-0.25, -0.2) is 9.59 Å². The highest BCUT2D eigenvalue weighted by molar-refractivity contribution is 5.85. The Morgan fingerprint density at radius 2 is 1.95 bits per heavy atom. The van der Waals surface area contributed by atoms with E-state index in [0.717, 1.165) is 5.56 Å². The molecule has 6 heteroatoms. The van der Waals surface area contributed by atoms with Gasteiger partial charge in [-0.3, -0.25) is 4.90 Å². The lowest BCUT2D eigenvalue weighted by atomic mass is 9.73. The molecule has 0 aromatic heterocycles. The van der Waals surface area contributed by atoms with Crippen LogP contribution in [0.1, 0.15) is 25.3 Å². The Morgan fingerprint density at radius 1 is 1.32 bits per heavy atom. The number of carbonyl (C=O) groups is 2. The number of amides is 1. The molecule has 0 unspecified atom stereocenters. The molecule has 0 spiro atoms. The Bertz CT molecular complexity index is 525. The third kappa shape index (κ3) is 3.06. The third-order valence-electron chi connectivity index (χ3n) is 4.12. The number of nitrogens with zero attached hydrogens (tertiary/aromatic N) is 1. The van der Waals surface area contributed by atoms with Gasteiger partial charge in [-0.1, -0.05) is 30.3 Å². The van der Waals surface area contributed by atoms with Crippen LogP contribution in [0.15, 0.2) is 30.3 Å². The minimum Gasteiger partial charge on any atom is -0.479 e. The molecule has 1 fully saturated rings. The summed E-state index contributed by atoms with van der Waals surface area (Å²) in [6, 6.07) is 9.28. The first-order valence-electron chi connectivity index (χ1n) is 7.28. The number of hydrogen-bond donors (Lipinski definition) is 1. The fraction of sp³-hybridized carbons (Fsp3) is 0.500. The highest BCUT2D eigenvalue weighted by Gasteiger charge is 2.56. The fourth-order valence-electron chi connectivity index (χ4n) is 2.77. The molecule has 2 rings (SSSR count). The molecule has 0 aliphatic heterocycles. The Morgan fingerprint density at radius 3 is 2.45 bits per heavy atom. The largest absolute Gasteiger partial charge is 0.479 e. The van der Waals surface area contributed by atoms with Gasteiger partial charge in [-0.05, 0) is 12.5 Å². The Hall–Kier alpha value is -2.08. The molecule has 0 radical (unpaired) electrons. The minimum atomic E-state index is -1.22. The molecule has 1 aromatic rings. The second-order valence-corrected chi connectivity index (χ2v) is 5.39. The average Bonchev–Trinajstić information content (AvgIpc) is 2.48. The lowest BCUT2D eigenvalue weighted by Gasteiger charge is -2.49. The number of carboxylic acid groups (broad SMARTS) is 1. The first kappa shape index (κ1) is 16.3. The van der Waals surface area contributed by atoms with Gasteiger partial charge in [0.25, 0.3) is 0 Å². The van der Waals surface area contributed by atoms with Crippen molar-refractivity contribution >= 4 is 12.1 Å². The van der Waals surface area contributed by atoms with Crippen molar-refractivity contribution in [2.45, 2.75) is 38.0 Å². The summed E-state index contributed by atoms with van der Waals surface area (Å²) >= 11 is 0. The number of likely N-dealkylation sites (N-methyl/N-ethyl adjacent to an activating group) is 1. The molecule has 1 aromatic carbocycles.